The zero-order valence-electron chi connectivity index (χ0n) is 11.1. The molecule has 1 heterocycles. The molecule has 0 aliphatic carbocycles. The summed E-state index contributed by atoms with van der Waals surface area (Å²) < 4.78 is 0. The van der Waals surface area contributed by atoms with Crippen LogP contribution in [-0.4, -0.2) is 23.9 Å². The number of amides is 1. The smallest absolute Gasteiger partial charge is 0.255 e. The van der Waals surface area contributed by atoms with Gasteiger partial charge in [0.15, 0.2) is 0 Å². The molecule has 1 amide bonds. The van der Waals surface area contributed by atoms with E-state index in [9.17, 15) is 4.79 Å². The number of piperidine rings is 1. The van der Waals surface area contributed by atoms with Gasteiger partial charge in [-0.1, -0.05) is 37.0 Å². The molecule has 1 fully saturated rings. The van der Waals surface area contributed by atoms with Gasteiger partial charge in [-0.15, -0.1) is 0 Å². The van der Waals surface area contributed by atoms with E-state index < -0.39 is 0 Å². The Bertz CT molecular complexity index is 494. The number of anilines is 1. The second kappa shape index (κ2) is 5.59. The van der Waals surface area contributed by atoms with Crippen LogP contribution in [0, 0.1) is 11.8 Å². The summed E-state index contributed by atoms with van der Waals surface area (Å²) in [6, 6.07) is 3.10. The van der Waals surface area contributed by atoms with Crippen molar-refractivity contribution in [3.05, 3.63) is 27.7 Å². The first-order valence-corrected chi connectivity index (χ1v) is 7.18. The van der Waals surface area contributed by atoms with E-state index in [0.717, 1.165) is 19.5 Å². The van der Waals surface area contributed by atoms with Crippen molar-refractivity contribution in [2.24, 2.45) is 11.8 Å². The van der Waals surface area contributed by atoms with Crippen molar-refractivity contribution in [3.8, 4) is 0 Å². The standard InChI is InChI=1S/C14H18Cl2N2O/c1-8-3-9(2)7-18(6-8)14(19)10-4-13(17)12(16)5-11(10)15/h4-5,8-9H,3,6-7,17H2,1-2H3. The number of halogens is 2. The summed E-state index contributed by atoms with van der Waals surface area (Å²) in [5.74, 6) is 0.957. The molecule has 1 aliphatic rings. The van der Waals surface area contributed by atoms with E-state index in [-0.39, 0.29) is 5.91 Å². The first kappa shape index (κ1) is 14.5. The van der Waals surface area contributed by atoms with Crippen molar-refractivity contribution in [1.82, 2.24) is 4.90 Å². The number of benzene rings is 1. The molecule has 2 rings (SSSR count). The minimum atomic E-state index is -0.0632. The van der Waals surface area contributed by atoms with E-state index in [1.54, 1.807) is 6.07 Å². The number of rotatable bonds is 1. The molecule has 2 N–H and O–H groups in total. The Morgan fingerprint density at radius 2 is 1.79 bits per heavy atom. The highest BCUT2D eigenvalue weighted by atomic mass is 35.5. The Balaban J connectivity index is 2.26. The fourth-order valence-corrected chi connectivity index (χ4v) is 3.19. The lowest BCUT2D eigenvalue weighted by Gasteiger charge is -2.35. The van der Waals surface area contributed by atoms with Crippen LogP contribution in [0.2, 0.25) is 10.0 Å². The predicted molar refractivity (Wildman–Crippen MR) is 79.7 cm³/mol. The second-order valence-corrected chi connectivity index (χ2v) is 6.32. The lowest BCUT2D eigenvalue weighted by molar-refractivity contribution is 0.0623. The number of carbonyl (C=O) groups is 1. The molecule has 0 radical (unpaired) electrons. The highest BCUT2D eigenvalue weighted by molar-refractivity contribution is 6.38. The summed E-state index contributed by atoms with van der Waals surface area (Å²) in [4.78, 5) is 14.4. The fourth-order valence-electron chi connectivity index (χ4n) is 2.73. The number of nitrogens with zero attached hydrogens (tertiary/aromatic N) is 1. The molecule has 3 nitrogen and oxygen atoms in total. The van der Waals surface area contributed by atoms with E-state index in [0.29, 0.717) is 33.1 Å². The molecule has 0 aromatic heterocycles. The summed E-state index contributed by atoms with van der Waals surface area (Å²) in [5.41, 5.74) is 6.57. The molecule has 0 bridgehead atoms. The van der Waals surface area contributed by atoms with Gasteiger partial charge in [-0.25, -0.2) is 0 Å². The Kier molecular flexibility index (Phi) is 4.26. The van der Waals surface area contributed by atoms with Crippen molar-refractivity contribution < 1.29 is 4.79 Å². The maximum Gasteiger partial charge on any atom is 0.255 e. The summed E-state index contributed by atoms with van der Waals surface area (Å²) >= 11 is 12.0. The number of carbonyl (C=O) groups excluding carboxylic acids is 1. The zero-order valence-corrected chi connectivity index (χ0v) is 12.6. The van der Waals surface area contributed by atoms with E-state index in [1.807, 2.05) is 4.90 Å². The molecule has 0 saturated carbocycles. The van der Waals surface area contributed by atoms with Crippen LogP contribution in [-0.2, 0) is 0 Å². The van der Waals surface area contributed by atoms with Gasteiger partial charge >= 0.3 is 0 Å². The summed E-state index contributed by atoms with van der Waals surface area (Å²) in [5, 5.41) is 0.733. The molecule has 1 aliphatic heterocycles. The van der Waals surface area contributed by atoms with Crippen LogP contribution in [0.4, 0.5) is 5.69 Å². The summed E-state index contributed by atoms with van der Waals surface area (Å²) in [6.45, 7) is 5.85. The molecular formula is C14H18Cl2N2O. The number of nitrogen functional groups attached to an aromatic ring is 1. The summed E-state index contributed by atoms with van der Waals surface area (Å²) in [6.07, 6.45) is 1.15. The average molecular weight is 301 g/mol. The number of nitrogens with two attached hydrogens (primary N) is 1. The molecule has 19 heavy (non-hydrogen) atoms. The van der Waals surface area contributed by atoms with Gasteiger partial charge in [-0.3, -0.25) is 4.79 Å². The first-order valence-electron chi connectivity index (χ1n) is 6.42. The van der Waals surface area contributed by atoms with E-state index >= 15 is 0 Å². The van der Waals surface area contributed by atoms with Crippen molar-refractivity contribution in [3.63, 3.8) is 0 Å². The first-order chi connectivity index (χ1) is 8.88. The van der Waals surface area contributed by atoms with E-state index in [1.165, 1.54) is 6.07 Å². The van der Waals surface area contributed by atoms with Gasteiger partial charge in [0.1, 0.15) is 0 Å². The normalized spacial score (nSPS) is 23.5. The van der Waals surface area contributed by atoms with Crippen molar-refractivity contribution in [2.45, 2.75) is 20.3 Å². The van der Waals surface area contributed by atoms with Crippen LogP contribution in [0.15, 0.2) is 12.1 Å². The highest BCUT2D eigenvalue weighted by Crippen LogP contribution is 2.29. The Morgan fingerprint density at radius 1 is 1.21 bits per heavy atom. The lowest BCUT2D eigenvalue weighted by atomic mass is 9.91. The van der Waals surface area contributed by atoms with Crippen LogP contribution in [0.25, 0.3) is 0 Å². The van der Waals surface area contributed by atoms with Gasteiger partial charge in [0, 0.05) is 13.1 Å². The Labute approximate surface area is 123 Å². The number of hydrogen-bond donors (Lipinski definition) is 1. The molecule has 2 atom stereocenters. The monoisotopic (exact) mass is 300 g/mol. The maximum atomic E-state index is 12.5. The van der Waals surface area contributed by atoms with E-state index in [2.05, 4.69) is 13.8 Å². The van der Waals surface area contributed by atoms with Gasteiger partial charge < -0.3 is 10.6 Å². The lowest BCUT2D eigenvalue weighted by Crippen LogP contribution is -2.42. The van der Waals surface area contributed by atoms with Crippen LogP contribution < -0.4 is 5.73 Å². The molecule has 1 saturated heterocycles. The van der Waals surface area contributed by atoms with Gasteiger partial charge in [0.05, 0.1) is 21.3 Å². The third-order valence-electron chi connectivity index (χ3n) is 3.47. The molecular weight excluding hydrogens is 283 g/mol. The Hall–Kier alpha value is -0.930. The number of hydrogen-bond acceptors (Lipinski definition) is 2. The van der Waals surface area contributed by atoms with E-state index in [4.69, 9.17) is 28.9 Å². The molecule has 1 aromatic rings. The third kappa shape index (κ3) is 3.15. The van der Waals surface area contributed by atoms with Crippen LogP contribution >= 0.6 is 23.2 Å². The van der Waals surface area contributed by atoms with Crippen LogP contribution in [0.3, 0.4) is 0 Å². The largest absolute Gasteiger partial charge is 0.398 e. The summed E-state index contributed by atoms with van der Waals surface area (Å²) in [7, 11) is 0. The van der Waals surface area contributed by atoms with Crippen LogP contribution in [0.5, 0.6) is 0 Å². The predicted octanol–water partition coefficient (Wildman–Crippen LogP) is 3.69. The minimum absolute atomic E-state index is 0.0632. The third-order valence-corrected chi connectivity index (χ3v) is 4.11. The Morgan fingerprint density at radius 3 is 2.37 bits per heavy atom. The second-order valence-electron chi connectivity index (χ2n) is 5.51. The maximum absolute atomic E-state index is 12.5. The van der Waals surface area contributed by atoms with Gasteiger partial charge in [-0.2, -0.15) is 0 Å². The topological polar surface area (TPSA) is 46.3 Å². The number of likely N-dealkylation sites (tertiary alicyclic amines) is 1. The average Bonchev–Trinajstić information content (AvgIpc) is 2.31. The molecule has 5 heteroatoms. The highest BCUT2D eigenvalue weighted by Gasteiger charge is 2.27. The fraction of sp³-hybridized carbons (Fsp3) is 0.500. The molecule has 2 unspecified atom stereocenters. The van der Waals surface area contributed by atoms with Gasteiger partial charge in [0.2, 0.25) is 0 Å². The van der Waals surface area contributed by atoms with Crippen molar-refractivity contribution in [2.75, 3.05) is 18.8 Å². The van der Waals surface area contributed by atoms with Crippen molar-refractivity contribution in [1.29, 1.82) is 0 Å². The molecule has 1 aromatic carbocycles. The quantitative estimate of drug-likeness (QED) is 0.804. The van der Waals surface area contributed by atoms with Gasteiger partial charge in [0.25, 0.3) is 5.91 Å². The van der Waals surface area contributed by atoms with Gasteiger partial charge in [-0.05, 0) is 30.4 Å². The van der Waals surface area contributed by atoms with Crippen molar-refractivity contribution >= 4 is 34.8 Å². The molecule has 104 valence electrons. The van der Waals surface area contributed by atoms with Crippen LogP contribution in [0.1, 0.15) is 30.6 Å². The SMILES string of the molecule is CC1CC(C)CN(C(=O)c2cc(N)c(Cl)cc2Cl)C1. The molecule has 0 spiro atoms. The zero-order chi connectivity index (χ0) is 14.2. The minimum Gasteiger partial charge on any atom is -0.398 e.